The summed E-state index contributed by atoms with van der Waals surface area (Å²) in [6.07, 6.45) is 0.124. The number of fused-ring (bicyclic) bond motifs is 1. The second-order valence-electron chi connectivity index (χ2n) is 10.0. The molecule has 1 aromatic heterocycles. The highest BCUT2D eigenvalue weighted by Crippen LogP contribution is 2.36. The lowest BCUT2D eigenvalue weighted by atomic mass is 10.0. The van der Waals surface area contributed by atoms with Gasteiger partial charge >= 0.3 is 5.97 Å². The van der Waals surface area contributed by atoms with Crippen LogP contribution in [-0.4, -0.2) is 41.9 Å². The van der Waals surface area contributed by atoms with Crippen LogP contribution in [-0.2, 0) is 9.53 Å². The summed E-state index contributed by atoms with van der Waals surface area (Å²) in [6, 6.07) is 26.8. The number of carbonyl (C=O) groups excluding carboxylic acids is 2. The summed E-state index contributed by atoms with van der Waals surface area (Å²) in [5, 5.41) is 9.85. The van der Waals surface area contributed by atoms with E-state index in [1.54, 1.807) is 32.2 Å². The second kappa shape index (κ2) is 13.3. The van der Waals surface area contributed by atoms with Crippen LogP contribution in [0.2, 0.25) is 10.0 Å². The molecule has 5 rings (SSSR count). The Morgan fingerprint density at radius 2 is 1.63 bits per heavy atom. The van der Waals surface area contributed by atoms with Crippen LogP contribution in [0.25, 0.3) is 33.3 Å². The number of halogens is 2. The maximum Gasteiger partial charge on any atom is 0.307 e. The predicted molar refractivity (Wildman–Crippen MR) is 171 cm³/mol. The van der Waals surface area contributed by atoms with Crippen molar-refractivity contribution in [2.75, 3.05) is 20.3 Å². The number of rotatable bonds is 10. The van der Waals surface area contributed by atoms with Gasteiger partial charge in [-0.25, -0.2) is 0 Å². The summed E-state index contributed by atoms with van der Waals surface area (Å²) in [4.78, 5) is 24.2. The molecular formula is C34H31Cl2N3O4. The van der Waals surface area contributed by atoms with Gasteiger partial charge in [0.15, 0.2) is 0 Å². The number of hydrogen-bond acceptors (Lipinski definition) is 5. The fourth-order valence-corrected chi connectivity index (χ4v) is 5.51. The Balaban J connectivity index is 1.50. The highest BCUT2D eigenvalue weighted by molar-refractivity contribution is 6.35. The van der Waals surface area contributed by atoms with E-state index in [1.807, 2.05) is 53.2 Å². The van der Waals surface area contributed by atoms with Crippen molar-refractivity contribution in [2.45, 2.75) is 26.3 Å². The van der Waals surface area contributed by atoms with Crippen LogP contribution in [0.15, 0.2) is 84.9 Å². The number of carbonyl (C=O) groups is 2. The van der Waals surface area contributed by atoms with E-state index in [-0.39, 0.29) is 30.9 Å². The molecule has 0 radical (unpaired) electrons. The molecule has 0 unspecified atom stereocenters. The van der Waals surface area contributed by atoms with Crippen LogP contribution >= 0.6 is 23.2 Å². The Hall–Kier alpha value is -4.33. The molecule has 1 atom stereocenters. The summed E-state index contributed by atoms with van der Waals surface area (Å²) in [7, 11) is 1.65. The first kappa shape index (κ1) is 30.1. The first-order valence-corrected chi connectivity index (χ1v) is 14.7. The molecule has 0 spiro atoms. The number of methoxy groups -OCH3 is 1. The van der Waals surface area contributed by atoms with Crippen LogP contribution in [0, 0.1) is 0 Å². The quantitative estimate of drug-likeness (QED) is 0.161. The van der Waals surface area contributed by atoms with E-state index in [1.165, 1.54) is 0 Å². The van der Waals surface area contributed by atoms with Crippen molar-refractivity contribution in [1.82, 2.24) is 15.1 Å². The molecule has 0 aliphatic rings. The van der Waals surface area contributed by atoms with Gasteiger partial charge in [0.2, 0.25) is 0 Å². The Morgan fingerprint density at radius 1 is 0.907 bits per heavy atom. The van der Waals surface area contributed by atoms with Crippen LogP contribution in [0.5, 0.6) is 5.75 Å². The van der Waals surface area contributed by atoms with E-state index in [0.29, 0.717) is 22.2 Å². The normalized spacial score (nSPS) is 11.7. The summed E-state index contributed by atoms with van der Waals surface area (Å²) >= 11 is 12.7. The van der Waals surface area contributed by atoms with Crippen LogP contribution in [0.4, 0.5) is 0 Å². The van der Waals surface area contributed by atoms with Crippen molar-refractivity contribution in [3.05, 3.63) is 106 Å². The summed E-state index contributed by atoms with van der Waals surface area (Å²) in [5.74, 6) is 0.183. The van der Waals surface area contributed by atoms with E-state index >= 15 is 0 Å². The van der Waals surface area contributed by atoms with Crippen molar-refractivity contribution in [3.63, 3.8) is 0 Å². The van der Waals surface area contributed by atoms with Gasteiger partial charge in [0.1, 0.15) is 11.4 Å². The van der Waals surface area contributed by atoms with Crippen LogP contribution in [0.1, 0.15) is 42.2 Å². The Labute approximate surface area is 260 Å². The minimum Gasteiger partial charge on any atom is -0.497 e. The molecule has 1 N–H and O–H groups in total. The molecule has 4 aromatic carbocycles. The van der Waals surface area contributed by atoms with Crippen molar-refractivity contribution < 1.29 is 19.1 Å². The fourth-order valence-electron chi connectivity index (χ4n) is 4.99. The second-order valence-corrected chi connectivity index (χ2v) is 10.9. The lowest BCUT2D eigenvalue weighted by Gasteiger charge is -2.15. The fraction of sp³-hybridized carbons (Fsp3) is 0.206. The van der Waals surface area contributed by atoms with Crippen LogP contribution in [0.3, 0.4) is 0 Å². The monoisotopic (exact) mass is 615 g/mol. The van der Waals surface area contributed by atoms with Crippen LogP contribution < -0.4 is 10.1 Å². The number of benzene rings is 4. The van der Waals surface area contributed by atoms with Gasteiger partial charge in [-0.3, -0.25) is 14.3 Å². The largest absolute Gasteiger partial charge is 0.497 e. The number of amides is 1. The predicted octanol–water partition coefficient (Wildman–Crippen LogP) is 7.98. The van der Waals surface area contributed by atoms with E-state index in [2.05, 4.69) is 30.4 Å². The molecule has 0 aliphatic carbocycles. The Bertz CT molecular complexity index is 1760. The molecule has 0 saturated carbocycles. The topological polar surface area (TPSA) is 82.5 Å². The molecule has 7 nitrogen and oxygen atoms in total. The van der Waals surface area contributed by atoms with Gasteiger partial charge in [-0.15, -0.1) is 0 Å². The third kappa shape index (κ3) is 6.85. The molecule has 0 aliphatic heterocycles. The molecule has 220 valence electrons. The molecular weight excluding hydrogens is 585 g/mol. The van der Waals surface area contributed by atoms with Gasteiger partial charge in [-0.2, -0.15) is 5.10 Å². The molecule has 1 amide bonds. The third-order valence-corrected chi connectivity index (χ3v) is 7.63. The Morgan fingerprint density at radius 3 is 2.33 bits per heavy atom. The lowest BCUT2D eigenvalue weighted by Crippen LogP contribution is -2.26. The third-order valence-electron chi connectivity index (χ3n) is 7.19. The zero-order valence-electron chi connectivity index (χ0n) is 24.1. The minimum absolute atomic E-state index is 0.124. The molecule has 0 saturated heterocycles. The number of hydrogen-bond donors (Lipinski definition) is 1. The zero-order valence-corrected chi connectivity index (χ0v) is 25.6. The number of nitrogens with one attached hydrogen (secondary N) is 1. The maximum absolute atomic E-state index is 12.6. The van der Waals surface area contributed by atoms with Crippen molar-refractivity contribution >= 4 is 46.0 Å². The van der Waals surface area contributed by atoms with Gasteiger partial charge < -0.3 is 14.8 Å². The number of nitrogens with zero attached hydrogens (tertiary/aromatic N) is 2. The molecule has 0 fully saturated rings. The van der Waals surface area contributed by atoms with Gasteiger partial charge in [0.25, 0.3) is 5.91 Å². The van der Waals surface area contributed by atoms with E-state index in [0.717, 1.165) is 44.6 Å². The zero-order chi connectivity index (χ0) is 30.5. The summed E-state index contributed by atoms with van der Waals surface area (Å²) < 4.78 is 12.3. The first-order chi connectivity index (χ1) is 20.8. The van der Waals surface area contributed by atoms with Gasteiger partial charge in [-0.05, 0) is 85.1 Å². The SMILES string of the molecule is CCOC(=O)CCNC(=O)c1ccc([C@H](C)n2nc(-c3cc(Cl)cc(Cl)c3)c3ccc(-c4cccc(OC)c4)cc32)cc1. The highest BCUT2D eigenvalue weighted by Gasteiger charge is 2.20. The maximum atomic E-state index is 12.6. The molecule has 0 bridgehead atoms. The van der Waals surface area contributed by atoms with Gasteiger partial charge in [-0.1, -0.05) is 53.5 Å². The molecule has 43 heavy (non-hydrogen) atoms. The van der Waals surface area contributed by atoms with Gasteiger partial charge in [0.05, 0.1) is 31.7 Å². The summed E-state index contributed by atoms with van der Waals surface area (Å²) in [6.45, 7) is 4.34. The summed E-state index contributed by atoms with van der Waals surface area (Å²) in [5.41, 5.74) is 6.02. The smallest absolute Gasteiger partial charge is 0.307 e. The van der Waals surface area contributed by atoms with E-state index < -0.39 is 0 Å². The lowest BCUT2D eigenvalue weighted by molar-refractivity contribution is -0.142. The molecule has 9 heteroatoms. The number of esters is 1. The minimum atomic E-state index is -0.340. The standard InChI is InChI=1S/C34H31Cl2N3O4/c1-4-43-32(40)14-15-37-34(41)23-10-8-22(9-11-23)21(2)39-31-19-25(24-6-5-7-29(18-24)42-3)12-13-30(31)33(38-39)26-16-27(35)20-28(36)17-26/h5-13,16-21H,4,14-15H2,1-3H3,(H,37,41)/t21-/m0/s1. The molecule has 1 heterocycles. The van der Waals surface area contributed by atoms with E-state index in [4.69, 9.17) is 37.8 Å². The van der Waals surface area contributed by atoms with E-state index in [9.17, 15) is 9.59 Å². The van der Waals surface area contributed by atoms with Crippen molar-refractivity contribution in [3.8, 4) is 28.1 Å². The Kier molecular flexibility index (Phi) is 9.34. The van der Waals surface area contributed by atoms with Gasteiger partial charge in [0, 0.05) is 33.1 Å². The average Bonchev–Trinajstić information content (AvgIpc) is 3.39. The molecule has 5 aromatic rings. The highest BCUT2D eigenvalue weighted by atomic mass is 35.5. The first-order valence-electron chi connectivity index (χ1n) is 13.9. The average molecular weight is 617 g/mol. The van der Waals surface area contributed by atoms with Crippen molar-refractivity contribution in [2.24, 2.45) is 0 Å². The number of ether oxygens (including phenoxy) is 2. The number of aromatic nitrogens is 2. The van der Waals surface area contributed by atoms with Crippen molar-refractivity contribution in [1.29, 1.82) is 0 Å².